The van der Waals surface area contributed by atoms with Crippen molar-refractivity contribution in [1.29, 1.82) is 0 Å². The van der Waals surface area contributed by atoms with Crippen LogP contribution in [0, 0.1) is 12.8 Å². The predicted octanol–water partition coefficient (Wildman–Crippen LogP) is 0.644. The maximum Gasteiger partial charge on any atom is 0.124 e. The van der Waals surface area contributed by atoms with Crippen LogP contribution in [0.2, 0.25) is 0 Å². The molecule has 2 aromatic heterocycles. The number of aromatic nitrogens is 4. The molecule has 7 heteroatoms. The summed E-state index contributed by atoms with van der Waals surface area (Å²) in [5.41, 5.74) is 2.35. The Hall–Kier alpha value is -1.86. The zero-order valence-corrected chi connectivity index (χ0v) is 13.7. The lowest BCUT2D eigenvalue weighted by Crippen LogP contribution is -2.35. The van der Waals surface area contributed by atoms with Gasteiger partial charge in [0.05, 0.1) is 25.0 Å². The maximum atomic E-state index is 8.96. The van der Waals surface area contributed by atoms with Crippen LogP contribution in [-0.4, -0.2) is 50.9 Å². The number of fused-ring (bicyclic) bond motifs is 1. The van der Waals surface area contributed by atoms with Crippen molar-refractivity contribution >= 4 is 5.82 Å². The Kier molecular flexibility index (Phi) is 5.30. The lowest BCUT2D eigenvalue weighted by Gasteiger charge is -2.25. The Bertz CT molecular complexity index is 620. The minimum atomic E-state index is 0.134. The number of hydrogen-bond donors (Lipinski definition) is 3. The maximum absolute atomic E-state index is 8.96. The molecule has 7 nitrogen and oxygen atoms in total. The number of aryl methyl sites for hydroxylation is 2. The third-order valence-corrected chi connectivity index (χ3v) is 4.33. The molecule has 0 radical (unpaired) electrons. The minimum Gasteiger partial charge on any atom is -0.394 e. The summed E-state index contributed by atoms with van der Waals surface area (Å²) in [7, 11) is 0. The third kappa shape index (κ3) is 4.11. The first-order valence-electron chi connectivity index (χ1n) is 8.36. The molecule has 1 aliphatic heterocycles. The Morgan fingerprint density at radius 3 is 3.26 bits per heavy atom. The fourth-order valence-corrected chi connectivity index (χ4v) is 3.05. The fraction of sp³-hybridized carbons (Fsp3) is 0.625. The van der Waals surface area contributed by atoms with Crippen LogP contribution >= 0.6 is 0 Å². The van der Waals surface area contributed by atoms with E-state index >= 15 is 0 Å². The van der Waals surface area contributed by atoms with Gasteiger partial charge < -0.3 is 15.7 Å². The number of rotatable bonds is 8. The number of anilines is 1. The van der Waals surface area contributed by atoms with E-state index in [4.69, 9.17) is 5.11 Å². The smallest absolute Gasteiger partial charge is 0.124 e. The van der Waals surface area contributed by atoms with Gasteiger partial charge in [-0.3, -0.25) is 4.68 Å². The van der Waals surface area contributed by atoms with Crippen LogP contribution in [0.4, 0.5) is 5.82 Å². The molecule has 0 saturated carbocycles. The highest BCUT2D eigenvalue weighted by atomic mass is 16.3. The van der Waals surface area contributed by atoms with Crippen LogP contribution in [0.25, 0.3) is 0 Å². The van der Waals surface area contributed by atoms with Gasteiger partial charge in [-0.05, 0) is 31.9 Å². The minimum absolute atomic E-state index is 0.134. The number of nitrogens with one attached hydrogen (secondary N) is 2. The molecule has 2 aromatic rings. The van der Waals surface area contributed by atoms with E-state index in [1.807, 2.05) is 28.6 Å². The standard InChI is InChI=1S/C16H26N6O/c1-13-15(12-21(20-13)7-8-23)3-2-5-17-9-14-10-18-16-4-6-19-22(16)11-14/h4,6,12,14,17-18,23H,2-3,5,7-11H2,1H3/t14-/m1/s1. The fourth-order valence-electron chi connectivity index (χ4n) is 3.05. The van der Waals surface area contributed by atoms with E-state index in [-0.39, 0.29) is 6.61 Å². The highest BCUT2D eigenvalue weighted by molar-refractivity contribution is 5.35. The number of hydrogen-bond acceptors (Lipinski definition) is 5. The molecule has 0 aliphatic carbocycles. The Morgan fingerprint density at radius 2 is 2.39 bits per heavy atom. The van der Waals surface area contributed by atoms with Gasteiger partial charge in [0.25, 0.3) is 0 Å². The van der Waals surface area contributed by atoms with Crippen molar-refractivity contribution < 1.29 is 5.11 Å². The first kappa shape index (κ1) is 16.0. The molecule has 0 unspecified atom stereocenters. The Balaban J connectivity index is 1.34. The van der Waals surface area contributed by atoms with Crippen LogP contribution < -0.4 is 10.6 Å². The number of aliphatic hydroxyl groups excluding tert-OH is 1. The van der Waals surface area contributed by atoms with Crippen LogP contribution in [0.15, 0.2) is 18.5 Å². The Morgan fingerprint density at radius 1 is 1.48 bits per heavy atom. The topological polar surface area (TPSA) is 79.9 Å². The molecule has 0 aromatic carbocycles. The van der Waals surface area contributed by atoms with Gasteiger partial charge in [0.2, 0.25) is 0 Å². The van der Waals surface area contributed by atoms with E-state index in [1.165, 1.54) is 5.56 Å². The average molecular weight is 318 g/mol. The largest absolute Gasteiger partial charge is 0.394 e. The normalized spacial score (nSPS) is 17.0. The molecule has 0 spiro atoms. The lowest BCUT2D eigenvalue weighted by molar-refractivity contribution is 0.269. The summed E-state index contributed by atoms with van der Waals surface area (Å²) in [5.74, 6) is 1.70. The van der Waals surface area contributed by atoms with E-state index in [2.05, 4.69) is 27.0 Å². The SMILES string of the molecule is Cc1nn(CCO)cc1CCCNC[C@@H]1CNc2ccnn2C1. The zero-order chi connectivity index (χ0) is 16.1. The van der Waals surface area contributed by atoms with E-state index in [0.29, 0.717) is 12.5 Å². The lowest BCUT2D eigenvalue weighted by atomic mass is 10.1. The monoisotopic (exact) mass is 318 g/mol. The predicted molar refractivity (Wildman–Crippen MR) is 89.4 cm³/mol. The number of nitrogens with zero attached hydrogens (tertiary/aromatic N) is 4. The summed E-state index contributed by atoms with van der Waals surface area (Å²) in [4.78, 5) is 0. The van der Waals surface area contributed by atoms with E-state index in [0.717, 1.165) is 50.5 Å². The number of aliphatic hydroxyl groups is 1. The van der Waals surface area contributed by atoms with Crippen LogP contribution in [0.5, 0.6) is 0 Å². The molecular weight excluding hydrogens is 292 g/mol. The average Bonchev–Trinajstić information content (AvgIpc) is 3.13. The van der Waals surface area contributed by atoms with Gasteiger partial charge in [0.15, 0.2) is 0 Å². The van der Waals surface area contributed by atoms with Crippen molar-refractivity contribution in [2.45, 2.75) is 32.9 Å². The first-order valence-corrected chi connectivity index (χ1v) is 8.36. The van der Waals surface area contributed by atoms with E-state index in [1.54, 1.807) is 0 Å². The van der Waals surface area contributed by atoms with Crippen LogP contribution in [-0.2, 0) is 19.5 Å². The quantitative estimate of drug-likeness (QED) is 0.623. The second-order valence-corrected chi connectivity index (χ2v) is 6.18. The molecule has 3 rings (SSSR count). The Labute approximate surface area is 136 Å². The molecule has 23 heavy (non-hydrogen) atoms. The zero-order valence-electron chi connectivity index (χ0n) is 13.7. The van der Waals surface area contributed by atoms with Gasteiger partial charge in [0, 0.05) is 37.8 Å². The molecule has 0 bridgehead atoms. The van der Waals surface area contributed by atoms with Gasteiger partial charge in [-0.1, -0.05) is 0 Å². The summed E-state index contributed by atoms with van der Waals surface area (Å²) >= 11 is 0. The van der Waals surface area contributed by atoms with E-state index < -0.39 is 0 Å². The highest BCUT2D eigenvalue weighted by Gasteiger charge is 2.17. The second kappa shape index (κ2) is 7.61. The molecule has 126 valence electrons. The first-order chi connectivity index (χ1) is 11.3. The molecule has 0 fully saturated rings. The summed E-state index contributed by atoms with van der Waals surface area (Å²) < 4.78 is 3.86. The third-order valence-electron chi connectivity index (χ3n) is 4.33. The van der Waals surface area contributed by atoms with Gasteiger partial charge in [-0.2, -0.15) is 10.2 Å². The highest BCUT2D eigenvalue weighted by Crippen LogP contribution is 2.15. The molecule has 1 aliphatic rings. The van der Waals surface area contributed by atoms with Crippen molar-refractivity contribution in [3.05, 3.63) is 29.7 Å². The molecule has 3 heterocycles. The van der Waals surface area contributed by atoms with Crippen molar-refractivity contribution in [2.24, 2.45) is 5.92 Å². The summed E-state index contributed by atoms with van der Waals surface area (Å²) in [6.45, 7) is 6.74. The summed E-state index contributed by atoms with van der Waals surface area (Å²) in [6, 6.07) is 2.02. The van der Waals surface area contributed by atoms with Crippen molar-refractivity contribution in [3.8, 4) is 0 Å². The second-order valence-electron chi connectivity index (χ2n) is 6.18. The van der Waals surface area contributed by atoms with Gasteiger partial charge in [-0.15, -0.1) is 0 Å². The van der Waals surface area contributed by atoms with Gasteiger partial charge in [0.1, 0.15) is 5.82 Å². The van der Waals surface area contributed by atoms with Gasteiger partial charge >= 0.3 is 0 Å². The van der Waals surface area contributed by atoms with Crippen molar-refractivity contribution in [1.82, 2.24) is 24.9 Å². The van der Waals surface area contributed by atoms with Crippen molar-refractivity contribution in [3.63, 3.8) is 0 Å². The van der Waals surface area contributed by atoms with E-state index in [9.17, 15) is 0 Å². The molecule has 0 amide bonds. The van der Waals surface area contributed by atoms with Crippen molar-refractivity contribution in [2.75, 3.05) is 31.6 Å². The van der Waals surface area contributed by atoms with Crippen LogP contribution in [0.3, 0.4) is 0 Å². The molecule has 1 atom stereocenters. The van der Waals surface area contributed by atoms with Gasteiger partial charge in [-0.25, -0.2) is 4.68 Å². The molecule has 0 saturated heterocycles. The van der Waals surface area contributed by atoms with Crippen LogP contribution in [0.1, 0.15) is 17.7 Å². The molecule has 3 N–H and O–H groups in total. The summed E-state index contributed by atoms with van der Waals surface area (Å²) in [5, 5.41) is 24.6. The summed E-state index contributed by atoms with van der Waals surface area (Å²) in [6.07, 6.45) is 6.02. The molecular formula is C16H26N6O.